The summed E-state index contributed by atoms with van der Waals surface area (Å²) in [5.41, 5.74) is 3.81. The molecule has 1 fully saturated rings. The van der Waals surface area contributed by atoms with Crippen molar-refractivity contribution in [3.63, 3.8) is 0 Å². The normalized spacial score (nSPS) is 17.9. The van der Waals surface area contributed by atoms with Gasteiger partial charge < -0.3 is 4.98 Å². The molecular weight excluding hydrogens is 276 g/mol. The van der Waals surface area contributed by atoms with E-state index in [2.05, 4.69) is 10.3 Å². The van der Waals surface area contributed by atoms with Crippen LogP contribution in [0.15, 0.2) is 54.6 Å². The largest absolute Gasteiger partial charge is 0.354 e. The van der Waals surface area contributed by atoms with Crippen LogP contribution in [0, 0.1) is 0 Å². The van der Waals surface area contributed by atoms with Crippen LogP contribution < -0.4 is 5.32 Å². The molecule has 1 saturated heterocycles. The molecule has 0 saturated carbocycles. The van der Waals surface area contributed by atoms with E-state index >= 15 is 0 Å². The van der Waals surface area contributed by atoms with Crippen molar-refractivity contribution in [2.75, 3.05) is 0 Å². The van der Waals surface area contributed by atoms with Gasteiger partial charge in [-0.15, -0.1) is 0 Å². The van der Waals surface area contributed by atoms with Gasteiger partial charge in [0.15, 0.2) is 0 Å². The SMILES string of the molecule is O=C1C[C@@H](c2c(-c3ccccc3)[nH]c3ccccc23)C(=O)N1. The lowest BCUT2D eigenvalue weighted by atomic mass is 9.92. The fraction of sp³-hybridized carbons (Fsp3) is 0.111. The van der Waals surface area contributed by atoms with Gasteiger partial charge in [-0.1, -0.05) is 48.5 Å². The summed E-state index contributed by atoms with van der Waals surface area (Å²) in [6, 6.07) is 17.8. The van der Waals surface area contributed by atoms with Gasteiger partial charge in [0, 0.05) is 17.3 Å². The average Bonchev–Trinajstić information content (AvgIpc) is 3.07. The van der Waals surface area contributed by atoms with Crippen LogP contribution >= 0.6 is 0 Å². The van der Waals surface area contributed by atoms with Crippen molar-refractivity contribution >= 4 is 22.7 Å². The quantitative estimate of drug-likeness (QED) is 0.713. The van der Waals surface area contributed by atoms with Gasteiger partial charge in [-0.3, -0.25) is 14.9 Å². The Bertz CT molecular complexity index is 880. The Labute approximate surface area is 127 Å². The molecule has 108 valence electrons. The Morgan fingerprint density at radius 1 is 0.909 bits per heavy atom. The van der Waals surface area contributed by atoms with E-state index in [4.69, 9.17) is 0 Å². The van der Waals surface area contributed by atoms with E-state index in [9.17, 15) is 9.59 Å². The first-order valence-corrected chi connectivity index (χ1v) is 7.24. The lowest BCUT2D eigenvalue weighted by Gasteiger charge is -2.09. The topological polar surface area (TPSA) is 62.0 Å². The van der Waals surface area contributed by atoms with Crippen molar-refractivity contribution in [3.05, 3.63) is 60.2 Å². The predicted molar refractivity (Wildman–Crippen MR) is 84.2 cm³/mol. The van der Waals surface area contributed by atoms with Gasteiger partial charge >= 0.3 is 0 Å². The summed E-state index contributed by atoms with van der Waals surface area (Å²) in [5.74, 6) is -0.856. The van der Waals surface area contributed by atoms with E-state index in [0.29, 0.717) is 0 Å². The van der Waals surface area contributed by atoms with E-state index in [1.807, 2.05) is 54.6 Å². The van der Waals surface area contributed by atoms with Crippen molar-refractivity contribution in [2.24, 2.45) is 0 Å². The van der Waals surface area contributed by atoms with E-state index in [-0.39, 0.29) is 18.2 Å². The van der Waals surface area contributed by atoms with Crippen molar-refractivity contribution in [1.82, 2.24) is 10.3 Å². The molecule has 0 radical (unpaired) electrons. The van der Waals surface area contributed by atoms with Gasteiger partial charge in [-0.2, -0.15) is 0 Å². The third kappa shape index (κ3) is 1.92. The summed E-state index contributed by atoms with van der Waals surface area (Å²) < 4.78 is 0. The molecule has 0 unspecified atom stereocenters. The Morgan fingerprint density at radius 3 is 2.36 bits per heavy atom. The molecule has 2 amide bonds. The summed E-state index contributed by atoms with van der Waals surface area (Å²) in [6.45, 7) is 0. The molecule has 2 aromatic carbocycles. The number of carbonyl (C=O) groups excluding carboxylic acids is 2. The molecule has 1 aromatic heterocycles. The molecule has 0 aliphatic carbocycles. The van der Waals surface area contributed by atoms with Crippen molar-refractivity contribution < 1.29 is 9.59 Å². The van der Waals surface area contributed by atoms with Gasteiger partial charge in [0.2, 0.25) is 11.8 Å². The number of aromatic nitrogens is 1. The first kappa shape index (κ1) is 12.8. The highest BCUT2D eigenvalue weighted by Gasteiger charge is 2.35. The van der Waals surface area contributed by atoms with Crippen molar-refractivity contribution in [2.45, 2.75) is 12.3 Å². The van der Waals surface area contributed by atoms with Crippen LogP contribution in [-0.4, -0.2) is 16.8 Å². The number of imide groups is 1. The summed E-state index contributed by atoms with van der Waals surface area (Å²) in [5, 5.41) is 3.40. The maximum atomic E-state index is 12.2. The summed E-state index contributed by atoms with van der Waals surface area (Å²) >= 11 is 0. The fourth-order valence-electron chi connectivity index (χ4n) is 3.14. The Kier molecular flexibility index (Phi) is 2.82. The molecule has 2 heterocycles. The van der Waals surface area contributed by atoms with E-state index in [0.717, 1.165) is 27.7 Å². The summed E-state index contributed by atoms with van der Waals surface area (Å²) in [4.78, 5) is 27.2. The van der Waals surface area contributed by atoms with Gasteiger partial charge in [0.1, 0.15) is 0 Å². The Balaban J connectivity index is 1.99. The third-order valence-corrected chi connectivity index (χ3v) is 4.13. The first-order valence-electron chi connectivity index (χ1n) is 7.24. The molecular formula is C18H14N2O2. The van der Waals surface area contributed by atoms with Gasteiger partial charge in [0.25, 0.3) is 0 Å². The number of amides is 2. The zero-order valence-corrected chi connectivity index (χ0v) is 11.8. The molecule has 1 atom stereocenters. The number of benzene rings is 2. The second-order valence-electron chi connectivity index (χ2n) is 5.49. The number of para-hydroxylation sites is 1. The molecule has 0 spiro atoms. The molecule has 4 rings (SSSR count). The van der Waals surface area contributed by atoms with Crippen LogP contribution in [0.25, 0.3) is 22.2 Å². The highest BCUT2D eigenvalue weighted by Crippen LogP contribution is 2.38. The van der Waals surface area contributed by atoms with Crippen molar-refractivity contribution in [3.8, 4) is 11.3 Å². The highest BCUT2D eigenvalue weighted by atomic mass is 16.2. The molecule has 1 aliphatic rings. The molecule has 1 aliphatic heterocycles. The predicted octanol–water partition coefficient (Wildman–Crippen LogP) is 2.96. The van der Waals surface area contributed by atoms with Crippen LogP contribution in [0.3, 0.4) is 0 Å². The van der Waals surface area contributed by atoms with Gasteiger partial charge in [-0.25, -0.2) is 0 Å². The Hall–Kier alpha value is -2.88. The first-order chi connectivity index (χ1) is 10.7. The molecule has 3 aromatic rings. The third-order valence-electron chi connectivity index (χ3n) is 4.13. The van der Waals surface area contributed by atoms with Crippen LogP contribution in [0.2, 0.25) is 0 Å². The standard InChI is InChI=1S/C18H14N2O2/c21-15-10-13(18(22)20-15)16-12-8-4-5-9-14(12)19-17(16)11-6-2-1-3-7-11/h1-9,13,19H,10H2,(H,20,21,22)/t13-/m0/s1. The maximum Gasteiger partial charge on any atom is 0.234 e. The number of hydrogen-bond donors (Lipinski definition) is 2. The van der Waals surface area contributed by atoms with Crippen LogP contribution in [0.5, 0.6) is 0 Å². The summed E-state index contributed by atoms with van der Waals surface area (Å²) in [7, 11) is 0. The number of rotatable bonds is 2. The van der Waals surface area contributed by atoms with Crippen LogP contribution in [-0.2, 0) is 9.59 Å². The smallest absolute Gasteiger partial charge is 0.234 e. The van der Waals surface area contributed by atoms with Crippen molar-refractivity contribution in [1.29, 1.82) is 0 Å². The molecule has 22 heavy (non-hydrogen) atoms. The zero-order valence-electron chi connectivity index (χ0n) is 11.8. The Morgan fingerprint density at radius 2 is 1.64 bits per heavy atom. The highest BCUT2D eigenvalue weighted by molar-refractivity contribution is 6.09. The van der Waals surface area contributed by atoms with E-state index in [1.165, 1.54) is 0 Å². The molecule has 2 N–H and O–H groups in total. The number of fused-ring (bicyclic) bond motifs is 1. The molecule has 0 bridgehead atoms. The minimum atomic E-state index is -0.432. The number of aromatic amines is 1. The number of hydrogen-bond acceptors (Lipinski definition) is 2. The molecule has 4 heteroatoms. The number of H-pyrrole nitrogens is 1. The second kappa shape index (κ2) is 4.84. The average molecular weight is 290 g/mol. The number of carbonyl (C=O) groups is 2. The van der Waals surface area contributed by atoms with Gasteiger partial charge in [-0.05, 0) is 17.2 Å². The minimum Gasteiger partial charge on any atom is -0.354 e. The van der Waals surface area contributed by atoms with E-state index in [1.54, 1.807) is 0 Å². The maximum absolute atomic E-state index is 12.2. The van der Waals surface area contributed by atoms with Crippen LogP contribution in [0.1, 0.15) is 17.9 Å². The lowest BCUT2D eigenvalue weighted by Crippen LogP contribution is -2.21. The van der Waals surface area contributed by atoms with E-state index < -0.39 is 5.92 Å². The van der Waals surface area contributed by atoms with Gasteiger partial charge in [0.05, 0.1) is 11.6 Å². The monoisotopic (exact) mass is 290 g/mol. The lowest BCUT2D eigenvalue weighted by molar-refractivity contribution is -0.125. The minimum absolute atomic E-state index is 0.209. The van der Waals surface area contributed by atoms with Crippen LogP contribution in [0.4, 0.5) is 0 Å². The summed E-state index contributed by atoms with van der Waals surface area (Å²) in [6.07, 6.45) is 0.209. The number of nitrogens with one attached hydrogen (secondary N) is 2. The fourth-order valence-corrected chi connectivity index (χ4v) is 3.14. The molecule has 4 nitrogen and oxygen atoms in total. The second-order valence-corrected chi connectivity index (χ2v) is 5.49. The zero-order chi connectivity index (χ0) is 15.1.